The predicted molar refractivity (Wildman–Crippen MR) is 114 cm³/mol. The van der Waals surface area contributed by atoms with Crippen LogP contribution >= 0.6 is 0 Å². The summed E-state index contributed by atoms with van der Waals surface area (Å²) >= 11 is 0. The second-order valence-electron chi connectivity index (χ2n) is 7.52. The maximum Gasteiger partial charge on any atom is 0.269 e. The molecule has 1 N–H and O–H groups in total. The van der Waals surface area contributed by atoms with Crippen LogP contribution in [0.25, 0.3) is 0 Å². The second-order valence-corrected chi connectivity index (χ2v) is 7.52. The van der Waals surface area contributed by atoms with E-state index < -0.39 is 4.92 Å². The first-order valence-electron chi connectivity index (χ1n) is 9.06. The van der Waals surface area contributed by atoms with Gasteiger partial charge in [-0.3, -0.25) is 10.1 Å². The summed E-state index contributed by atoms with van der Waals surface area (Å²) in [6.45, 7) is 6.56. The van der Waals surface area contributed by atoms with Gasteiger partial charge in [0, 0.05) is 28.9 Å². The fourth-order valence-corrected chi connectivity index (χ4v) is 2.90. The van der Waals surface area contributed by atoms with Crippen molar-refractivity contribution in [2.75, 3.05) is 5.32 Å². The van der Waals surface area contributed by atoms with Crippen LogP contribution in [0, 0.1) is 22.0 Å². The zero-order valence-electron chi connectivity index (χ0n) is 16.2. The van der Waals surface area contributed by atoms with Gasteiger partial charge in [-0.25, -0.2) is 0 Å². The third-order valence-corrected chi connectivity index (χ3v) is 4.35. The summed E-state index contributed by atoms with van der Waals surface area (Å²) in [5.74, 6) is 6.26. The quantitative estimate of drug-likeness (QED) is 0.348. The number of nitro groups is 1. The number of hydrogen-bond acceptors (Lipinski definition) is 3. The van der Waals surface area contributed by atoms with Crippen molar-refractivity contribution in [2.24, 2.45) is 0 Å². The second kappa shape index (κ2) is 7.98. The molecule has 0 fully saturated rings. The van der Waals surface area contributed by atoms with Crippen LogP contribution in [0.4, 0.5) is 17.1 Å². The molecule has 4 heteroatoms. The summed E-state index contributed by atoms with van der Waals surface area (Å²) < 4.78 is 0. The number of nitrogens with one attached hydrogen (secondary N) is 1. The highest BCUT2D eigenvalue weighted by atomic mass is 16.6. The van der Waals surface area contributed by atoms with E-state index in [9.17, 15) is 10.1 Å². The number of nitrogens with zero attached hydrogens (tertiary/aromatic N) is 1. The molecule has 0 spiro atoms. The van der Waals surface area contributed by atoms with Crippen molar-refractivity contribution in [3.63, 3.8) is 0 Å². The van der Waals surface area contributed by atoms with Crippen LogP contribution in [-0.4, -0.2) is 4.92 Å². The zero-order valence-corrected chi connectivity index (χ0v) is 16.2. The van der Waals surface area contributed by atoms with Crippen LogP contribution in [-0.2, 0) is 5.41 Å². The van der Waals surface area contributed by atoms with Crippen molar-refractivity contribution in [1.82, 2.24) is 0 Å². The molecule has 0 bridgehead atoms. The van der Waals surface area contributed by atoms with Gasteiger partial charge in [0.25, 0.3) is 5.69 Å². The van der Waals surface area contributed by atoms with Crippen LogP contribution in [0.5, 0.6) is 0 Å². The SMILES string of the molecule is CC(C)(C)c1ccccc1Nc1ccccc1C#Cc1ccc([N+](=O)[O-])cc1. The molecule has 28 heavy (non-hydrogen) atoms. The van der Waals surface area contributed by atoms with Crippen molar-refractivity contribution in [3.8, 4) is 11.8 Å². The summed E-state index contributed by atoms with van der Waals surface area (Å²) in [4.78, 5) is 10.4. The first-order chi connectivity index (χ1) is 13.3. The third-order valence-electron chi connectivity index (χ3n) is 4.35. The highest BCUT2D eigenvalue weighted by Gasteiger charge is 2.17. The topological polar surface area (TPSA) is 55.2 Å². The highest BCUT2D eigenvalue weighted by Crippen LogP contribution is 2.32. The van der Waals surface area contributed by atoms with Gasteiger partial charge < -0.3 is 5.32 Å². The molecular formula is C24H22N2O2. The molecule has 3 aromatic rings. The molecule has 0 saturated carbocycles. The van der Waals surface area contributed by atoms with Crippen LogP contribution in [0.3, 0.4) is 0 Å². The molecule has 0 aliphatic carbocycles. The molecule has 4 nitrogen and oxygen atoms in total. The number of hydrogen-bond donors (Lipinski definition) is 1. The van der Waals surface area contributed by atoms with Crippen LogP contribution in [0.2, 0.25) is 0 Å². The van der Waals surface area contributed by atoms with E-state index in [1.807, 2.05) is 36.4 Å². The Kier molecular flexibility index (Phi) is 5.47. The number of rotatable bonds is 3. The van der Waals surface area contributed by atoms with Gasteiger partial charge in [-0.1, -0.05) is 62.9 Å². The minimum Gasteiger partial charge on any atom is -0.354 e. The van der Waals surface area contributed by atoms with Gasteiger partial charge >= 0.3 is 0 Å². The molecule has 3 aromatic carbocycles. The van der Waals surface area contributed by atoms with Crippen LogP contribution < -0.4 is 5.32 Å². The Morgan fingerprint density at radius 2 is 1.43 bits per heavy atom. The summed E-state index contributed by atoms with van der Waals surface area (Å²) in [6.07, 6.45) is 0. The lowest BCUT2D eigenvalue weighted by molar-refractivity contribution is -0.384. The Morgan fingerprint density at radius 3 is 2.07 bits per heavy atom. The average molecular weight is 370 g/mol. The molecule has 0 atom stereocenters. The molecule has 0 radical (unpaired) electrons. The first-order valence-corrected chi connectivity index (χ1v) is 9.06. The van der Waals surface area contributed by atoms with Gasteiger partial charge in [-0.2, -0.15) is 0 Å². The third kappa shape index (κ3) is 4.57. The standard InChI is InChI=1S/C24H22N2O2/c1-24(2,3)21-9-5-7-11-23(21)25-22-10-6-4-8-19(22)15-12-18-13-16-20(17-14-18)26(27)28/h4-11,13-14,16-17,25H,1-3H3. The molecule has 0 aliphatic rings. The maximum atomic E-state index is 10.8. The zero-order chi connectivity index (χ0) is 20.1. The van der Waals surface area contributed by atoms with Crippen molar-refractivity contribution in [2.45, 2.75) is 26.2 Å². The molecule has 0 aliphatic heterocycles. The first kappa shape index (κ1) is 19.2. The Morgan fingerprint density at radius 1 is 0.821 bits per heavy atom. The van der Waals surface area contributed by atoms with E-state index in [0.29, 0.717) is 0 Å². The van der Waals surface area contributed by atoms with Gasteiger partial charge in [-0.05, 0) is 41.3 Å². The molecule has 0 saturated heterocycles. The lowest BCUT2D eigenvalue weighted by Gasteiger charge is -2.23. The Bertz CT molecular complexity index is 1050. The fraction of sp³-hybridized carbons (Fsp3) is 0.167. The lowest BCUT2D eigenvalue weighted by atomic mass is 9.85. The molecule has 0 unspecified atom stereocenters. The van der Waals surface area contributed by atoms with E-state index in [4.69, 9.17) is 0 Å². The summed E-state index contributed by atoms with van der Waals surface area (Å²) in [5.41, 5.74) is 4.89. The summed E-state index contributed by atoms with van der Waals surface area (Å²) in [7, 11) is 0. The highest BCUT2D eigenvalue weighted by molar-refractivity contribution is 5.70. The summed E-state index contributed by atoms with van der Waals surface area (Å²) in [6, 6.07) is 22.4. The van der Waals surface area contributed by atoms with Crippen molar-refractivity contribution in [1.29, 1.82) is 0 Å². The molecule has 3 rings (SSSR count). The van der Waals surface area contributed by atoms with Gasteiger partial charge in [0.2, 0.25) is 0 Å². The Hall–Kier alpha value is -3.58. The molecular weight excluding hydrogens is 348 g/mol. The minimum atomic E-state index is -0.414. The summed E-state index contributed by atoms with van der Waals surface area (Å²) in [5, 5.41) is 14.3. The van der Waals surface area contributed by atoms with Crippen LogP contribution in [0.15, 0.2) is 72.8 Å². The molecule has 140 valence electrons. The lowest BCUT2D eigenvalue weighted by Crippen LogP contribution is -2.13. The fourth-order valence-electron chi connectivity index (χ4n) is 2.90. The molecule has 0 aromatic heterocycles. The average Bonchev–Trinajstić information content (AvgIpc) is 2.67. The normalized spacial score (nSPS) is 10.7. The minimum absolute atomic E-state index is 0.0168. The number of benzene rings is 3. The van der Waals surface area contributed by atoms with E-state index in [1.165, 1.54) is 17.7 Å². The van der Waals surface area contributed by atoms with Gasteiger partial charge in [0.15, 0.2) is 0 Å². The van der Waals surface area contributed by atoms with Gasteiger partial charge in [-0.15, -0.1) is 0 Å². The largest absolute Gasteiger partial charge is 0.354 e. The monoisotopic (exact) mass is 370 g/mol. The van der Waals surface area contributed by atoms with Crippen molar-refractivity contribution < 1.29 is 4.92 Å². The number of nitro benzene ring substituents is 1. The van der Waals surface area contributed by atoms with Crippen molar-refractivity contribution in [3.05, 3.63) is 99.6 Å². The van der Waals surface area contributed by atoms with Crippen LogP contribution in [0.1, 0.15) is 37.5 Å². The van der Waals surface area contributed by atoms with E-state index in [1.54, 1.807) is 12.1 Å². The van der Waals surface area contributed by atoms with E-state index in [2.05, 4.69) is 50.1 Å². The van der Waals surface area contributed by atoms with E-state index >= 15 is 0 Å². The molecule has 0 heterocycles. The van der Waals surface area contributed by atoms with Crippen molar-refractivity contribution >= 4 is 17.1 Å². The Balaban J connectivity index is 1.91. The molecule has 0 amide bonds. The number of para-hydroxylation sites is 2. The van der Waals surface area contributed by atoms with Gasteiger partial charge in [0.05, 0.1) is 10.6 Å². The van der Waals surface area contributed by atoms with E-state index in [0.717, 1.165) is 22.5 Å². The smallest absolute Gasteiger partial charge is 0.269 e. The maximum absolute atomic E-state index is 10.8. The van der Waals surface area contributed by atoms with Gasteiger partial charge in [0.1, 0.15) is 0 Å². The number of anilines is 2. The number of non-ortho nitro benzene ring substituents is 1. The predicted octanol–water partition coefficient (Wildman–Crippen LogP) is 6.04. The Labute approximate surface area is 165 Å². The van der Waals surface area contributed by atoms with E-state index in [-0.39, 0.29) is 11.1 Å².